The molecule has 0 fully saturated rings. The van der Waals surface area contributed by atoms with Gasteiger partial charge in [-0.25, -0.2) is 0 Å². The zero-order valence-electron chi connectivity index (χ0n) is 9.91. The minimum atomic E-state index is -0.135. The van der Waals surface area contributed by atoms with Crippen molar-refractivity contribution in [3.05, 3.63) is 50.3 Å². The number of pyridine rings is 1. The Morgan fingerprint density at radius 1 is 1.22 bits per heavy atom. The van der Waals surface area contributed by atoms with Crippen LogP contribution in [0.4, 0.5) is 0 Å². The van der Waals surface area contributed by atoms with Crippen molar-refractivity contribution in [2.45, 2.75) is 0 Å². The van der Waals surface area contributed by atoms with Gasteiger partial charge in [0, 0.05) is 13.1 Å². The van der Waals surface area contributed by atoms with Gasteiger partial charge in [-0.1, -0.05) is 17.7 Å². The fourth-order valence-corrected chi connectivity index (χ4v) is 2.36. The van der Waals surface area contributed by atoms with Crippen LogP contribution < -0.4 is 10.3 Å². The molecule has 0 saturated carbocycles. The van der Waals surface area contributed by atoms with Crippen molar-refractivity contribution in [3.8, 4) is 16.9 Å². The molecule has 94 valence electrons. The Morgan fingerprint density at radius 2 is 1.94 bits per heavy atom. The standard InChI is InChI=1S/C13H11BrClNO2/c1-16-12(15)6-9(7-13(16)17)8-3-4-11(18-2)10(14)5-8/h3-7H,1-2H3. The number of halogens is 2. The summed E-state index contributed by atoms with van der Waals surface area (Å²) in [6.45, 7) is 0. The maximum absolute atomic E-state index is 11.7. The molecular formula is C13H11BrClNO2. The Labute approximate surface area is 118 Å². The van der Waals surface area contributed by atoms with E-state index in [2.05, 4.69) is 15.9 Å². The fourth-order valence-electron chi connectivity index (χ4n) is 1.61. The van der Waals surface area contributed by atoms with Crippen molar-refractivity contribution in [3.63, 3.8) is 0 Å². The average Bonchev–Trinajstić information content (AvgIpc) is 2.35. The quantitative estimate of drug-likeness (QED) is 0.790. The predicted octanol–water partition coefficient (Wildman–Crippen LogP) is 3.48. The first-order chi connectivity index (χ1) is 8.52. The van der Waals surface area contributed by atoms with Gasteiger partial charge in [-0.3, -0.25) is 4.79 Å². The average molecular weight is 329 g/mol. The smallest absolute Gasteiger partial charge is 0.252 e. The number of aromatic nitrogens is 1. The molecule has 1 heterocycles. The van der Waals surface area contributed by atoms with Gasteiger partial charge in [0.2, 0.25) is 0 Å². The van der Waals surface area contributed by atoms with Crippen LogP contribution in [0.1, 0.15) is 0 Å². The Kier molecular flexibility index (Phi) is 3.78. The molecule has 0 bridgehead atoms. The second-order valence-corrected chi connectivity index (χ2v) is 5.05. The van der Waals surface area contributed by atoms with Crippen LogP contribution in [0.3, 0.4) is 0 Å². The molecule has 0 atom stereocenters. The van der Waals surface area contributed by atoms with Gasteiger partial charge in [-0.2, -0.15) is 0 Å². The highest BCUT2D eigenvalue weighted by Crippen LogP contribution is 2.30. The number of rotatable bonds is 2. The summed E-state index contributed by atoms with van der Waals surface area (Å²) >= 11 is 9.41. The second kappa shape index (κ2) is 5.16. The first-order valence-electron chi connectivity index (χ1n) is 5.23. The van der Waals surface area contributed by atoms with Gasteiger partial charge in [0.05, 0.1) is 11.6 Å². The van der Waals surface area contributed by atoms with E-state index in [-0.39, 0.29) is 5.56 Å². The van der Waals surface area contributed by atoms with Gasteiger partial charge in [0.1, 0.15) is 10.9 Å². The van der Waals surface area contributed by atoms with Gasteiger partial charge in [-0.05, 0) is 45.3 Å². The SMILES string of the molecule is COc1ccc(-c2cc(Cl)n(C)c(=O)c2)cc1Br. The Balaban J connectivity index is 2.56. The van der Waals surface area contributed by atoms with Crippen molar-refractivity contribution in [1.29, 1.82) is 0 Å². The molecule has 0 radical (unpaired) electrons. The summed E-state index contributed by atoms with van der Waals surface area (Å²) in [7, 11) is 3.24. The van der Waals surface area contributed by atoms with Crippen LogP contribution >= 0.6 is 27.5 Å². The van der Waals surface area contributed by atoms with E-state index in [0.717, 1.165) is 21.3 Å². The molecule has 1 aromatic heterocycles. The number of hydrogen-bond acceptors (Lipinski definition) is 2. The van der Waals surface area contributed by atoms with Crippen molar-refractivity contribution in [2.75, 3.05) is 7.11 Å². The second-order valence-electron chi connectivity index (χ2n) is 3.81. The van der Waals surface area contributed by atoms with Crippen molar-refractivity contribution >= 4 is 27.5 Å². The van der Waals surface area contributed by atoms with Gasteiger partial charge in [0.15, 0.2) is 0 Å². The van der Waals surface area contributed by atoms with Crippen LogP contribution in [-0.4, -0.2) is 11.7 Å². The number of hydrogen-bond donors (Lipinski definition) is 0. The lowest BCUT2D eigenvalue weighted by atomic mass is 10.1. The van der Waals surface area contributed by atoms with Gasteiger partial charge < -0.3 is 9.30 Å². The third-order valence-electron chi connectivity index (χ3n) is 2.69. The van der Waals surface area contributed by atoms with Crippen LogP contribution in [0.25, 0.3) is 11.1 Å². The fraction of sp³-hybridized carbons (Fsp3) is 0.154. The van der Waals surface area contributed by atoms with Gasteiger partial charge in [-0.15, -0.1) is 0 Å². The van der Waals surface area contributed by atoms with E-state index in [1.165, 1.54) is 4.57 Å². The molecule has 2 rings (SSSR count). The lowest BCUT2D eigenvalue weighted by Crippen LogP contribution is -2.15. The Hall–Kier alpha value is -1.26. The Morgan fingerprint density at radius 3 is 2.50 bits per heavy atom. The molecule has 0 unspecified atom stereocenters. The minimum absolute atomic E-state index is 0.135. The van der Waals surface area contributed by atoms with E-state index in [0.29, 0.717) is 5.15 Å². The molecule has 1 aromatic carbocycles. The summed E-state index contributed by atoms with van der Waals surface area (Å²) in [6, 6.07) is 8.93. The lowest BCUT2D eigenvalue weighted by molar-refractivity contribution is 0.412. The molecule has 5 heteroatoms. The number of methoxy groups -OCH3 is 1. The highest BCUT2D eigenvalue weighted by atomic mass is 79.9. The first-order valence-corrected chi connectivity index (χ1v) is 6.40. The summed E-state index contributed by atoms with van der Waals surface area (Å²) < 4.78 is 7.39. The van der Waals surface area contributed by atoms with E-state index >= 15 is 0 Å². The summed E-state index contributed by atoms with van der Waals surface area (Å²) in [6.07, 6.45) is 0. The lowest BCUT2D eigenvalue weighted by Gasteiger charge is -2.08. The predicted molar refractivity (Wildman–Crippen MR) is 76.4 cm³/mol. The molecule has 0 spiro atoms. The number of nitrogens with zero attached hydrogens (tertiary/aromatic N) is 1. The number of benzene rings is 1. The monoisotopic (exact) mass is 327 g/mol. The summed E-state index contributed by atoms with van der Waals surface area (Å²) in [5, 5.41) is 0.407. The molecule has 0 saturated heterocycles. The normalized spacial score (nSPS) is 10.4. The topological polar surface area (TPSA) is 31.2 Å². The molecule has 0 aliphatic heterocycles. The first kappa shape index (κ1) is 13.2. The van der Waals surface area contributed by atoms with Gasteiger partial charge >= 0.3 is 0 Å². The van der Waals surface area contributed by atoms with E-state index < -0.39 is 0 Å². The van der Waals surface area contributed by atoms with Crippen molar-refractivity contribution < 1.29 is 4.74 Å². The zero-order chi connectivity index (χ0) is 13.3. The van der Waals surface area contributed by atoms with Crippen LogP contribution in [0.15, 0.2) is 39.6 Å². The molecule has 18 heavy (non-hydrogen) atoms. The molecule has 0 aliphatic rings. The largest absolute Gasteiger partial charge is 0.496 e. The van der Waals surface area contributed by atoms with Crippen molar-refractivity contribution in [1.82, 2.24) is 4.57 Å². The van der Waals surface area contributed by atoms with E-state index in [1.54, 1.807) is 26.3 Å². The summed E-state index contributed by atoms with van der Waals surface area (Å²) in [5.74, 6) is 0.744. The van der Waals surface area contributed by atoms with Crippen LogP contribution in [0, 0.1) is 0 Å². The third kappa shape index (κ3) is 2.44. The highest BCUT2D eigenvalue weighted by Gasteiger charge is 2.06. The van der Waals surface area contributed by atoms with E-state index in [4.69, 9.17) is 16.3 Å². The third-order valence-corrected chi connectivity index (χ3v) is 3.67. The maximum Gasteiger partial charge on any atom is 0.252 e. The number of ether oxygens (including phenoxy) is 1. The molecule has 0 N–H and O–H groups in total. The van der Waals surface area contributed by atoms with E-state index in [1.807, 2.05) is 18.2 Å². The zero-order valence-corrected chi connectivity index (χ0v) is 12.2. The van der Waals surface area contributed by atoms with E-state index in [9.17, 15) is 4.79 Å². The van der Waals surface area contributed by atoms with Crippen LogP contribution in [-0.2, 0) is 7.05 Å². The molecule has 3 nitrogen and oxygen atoms in total. The van der Waals surface area contributed by atoms with Crippen LogP contribution in [0.2, 0.25) is 5.15 Å². The van der Waals surface area contributed by atoms with Crippen molar-refractivity contribution in [2.24, 2.45) is 7.05 Å². The molecular weight excluding hydrogens is 318 g/mol. The summed E-state index contributed by atoms with van der Waals surface area (Å²) in [4.78, 5) is 11.7. The molecule has 0 amide bonds. The maximum atomic E-state index is 11.7. The van der Waals surface area contributed by atoms with Gasteiger partial charge in [0.25, 0.3) is 5.56 Å². The Bertz CT molecular complexity index is 652. The minimum Gasteiger partial charge on any atom is -0.496 e. The molecule has 0 aliphatic carbocycles. The summed E-state index contributed by atoms with van der Waals surface area (Å²) in [5.41, 5.74) is 1.55. The highest BCUT2D eigenvalue weighted by molar-refractivity contribution is 9.10. The molecule has 2 aromatic rings. The van der Waals surface area contributed by atoms with Crippen LogP contribution in [0.5, 0.6) is 5.75 Å².